The van der Waals surface area contributed by atoms with E-state index in [4.69, 9.17) is 10.2 Å². The molecule has 218 valence electrons. The molecule has 2 atom stereocenters. The standard InChI is InChI=1S/2C11H9NO4.2C4H9.Sn/c2*1-6(11(15)16)12-9(13)7-4-2-3-5-8(7)10(12)14;2*1-3-4-2;/h2*2-6H,1H3,(H,15,16);2*1,3-4H2,2H3;/t2*6-;;;/m11.../s1. The van der Waals surface area contributed by atoms with Gasteiger partial charge in [-0.1, -0.05) is 24.3 Å². The molecule has 2 aromatic rings. The van der Waals surface area contributed by atoms with Crippen molar-refractivity contribution < 1.29 is 39.0 Å². The van der Waals surface area contributed by atoms with Gasteiger partial charge in [-0.2, -0.15) is 0 Å². The summed E-state index contributed by atoms with van der Waals surface area (Å²) in [5.41, 5.74) is 1.06. The van der Waals surface area contributed by atoms with Crippen LogP contribution in [0.2, 0.25) is 8.87 Å². The average molecular weight is 671 g/mol. The van der Waals surface area contributed by atoms with Crippen LogP contribution in [0.15, 0.2) is 48.5 Å². The summed E-state index contributed by atoms with van der Waals surface area (Å²) in [4.78, 5) is 70.3. The van der Waals surface area contributed by atoms with Crippen LogP contribution in [0.1, 0.15) is 94.8 Å². The molecule has 2 aliphatic heterocycles. The van der Waals surface area contributed by atoms with Gasteiger partial charge in [0.1, 0.15) is 12.1 Å². The molecule has 0 unspecified atom stereocenters. The van der Waals surface area contributed by atoms with Crippen molar-refractivity contribution in [2.45, 2.75) is 74.3 Å². The predicted octanol–water partition coefficient (Wildman–Crippen LogP) is 4.64. The molecule has 10 nitrogen and oxygen atoms in total. The number of hydrogen-bond donors (Lipinski definition) is 2. The second-order valence-corrected chi connectivity index (χ2v) is 13.8. The fourth-order valence-electron chi connectivity index (χ4n) is 4.07. The smallest absolute Gasteiger partial charge is 0.326 e. The molecule has 2 aromatic carbocycles. The van der Waals surface area contributed by atoms with E-state index in [1.807, 2.05) is 0 Å². The van der Waals surface area contributed by atoms with E-state index in [1.165, 1.54) is 63.8 Å². The van der Waals surface area contributed by atoms with Crippen molar-refractivity contribution in [3.63, 3.8) is 0 Å². The van der Waals surface area contributed by atoms with Crippen LogP contribution in [0, 0.1) is 0 Å². The molecule has 0 aliphatic carbocycles. The second kappa shape index (κ2) is 16.0. The second-order valence-electron chi connectivity index (χ2n) is 9.54. The third-order valence-electron chi connectivity index (χ3n) is 6.55. The van der Waals surface area contributed by atoms with Crippen molar-refractivity contribution in [2.75, 3.05) is 0 Å². The summed E-state index contributed by atoms with van der Waals surface area (Å²) < 4.78 is 3.25. The zero-order valence-corrected chi connectivity index (χ0v) is 26.6. The van der Waals surface area contributed by atoms with E-state index in [0.29, 0.717) is 0 Å². The summed E-state index contributed by atoms with van der Waals surface area (Å²) >= 11 is 0.149. The quantitative estimate of drug-likeness (QED) is 0.211. The Morgan fingerprint density at radius 3 is 1.12 bits per heavy atom. The van der Waals surface area contributed by atoms with Crippen molar-refractivity contribution in [1.29, 1.82) is 0 Å². The van der Waals surface area contributed by atoms with E-state index in [-0.39, 0.29) is 43.4 Å². The first kappa shape index (κ1) is 33.7. The third kappa shape index (κ3) is 8.25. The summed E-state index contributed by atoms with van der Waals surface area (Å²) in [6.45, 7) is 7.20. The predicted molar refractivity (Wildman–Crippen MR) is 153 cm³/mol. The molecule has 41 heavy (non-hydrogen) atoms. The normalized spacial score (nSPS) is 14.8. The molecule has 4 rings (SSSR count). The number of carbonyl (C=O) groups is 6. The van der Waals surface area contributed by atoms with Gasteiger partial charge in [-0.3, -0.25) is 29.0 Å². The van der Waals surface area contributed by atoms with Gasteiger partial charge in [-0.05, 0) is 38.1 Å². The Balaban J connectivity index is 0.000000225. The molecule has 2 radical (unpaired) electrons. The number of imide groups is 2. The Bertz CT molecular complexity index is 1130. The summed E-state index contributed by atoms with van der Waals surface area (Å²) in [5.74, 6) is -4.58. The maximum atomic E-state index is 11.8. The molecule has 2 aliphatic rings. The van der Waals surface area contributed by atoms with Crippen molar-refractivity contribution in [1.82, 2.24) is 9.80 Å². The van der Waals surface area contributed by atoms with Gasteiger partial charge in [0.2, 0.25) is 0 Å². The van der Waals surface area contributed by atoms with Crippen LogP contribution in [-0.4, -0.2) is 88.8 Å². The molecule has 2 N–H and O–H groups in total. The van der Waals surface area contributed by atoms with Crippen LogP contribution >= 0.6 is 0 Å². The van der Waals surface area contributed by atoms with Crippen LogP contribution < -0.4 is 0 Å². The molecular formula is C30H36N2O8Sn. The molecule has 4 amide bonds. The number of carbonyl (C=O) groups excluding carboxylic acids is 4. The first-order valence-corrected chi connectivity index (χ1v) is 17.6. The first-order chi connectivity index (χ1) is 19.5. The summed E-state index contributed by atoms with van der Waals surface area (Å²) in [7, 11) is 0. The number of nitrogens with zero attached hydrogens (tertiary/aromatic N) is 2. The number of rotatable bonds is 10. The number of benzene rings is 2. The van der Waals surface area contributed by atoms with Gasteiger partial charge in [0, 0.05) is 0 Å². The van der Waals surface area contributed by atoms with E-state index in [2.05, 4.69) is 13.8 Å². The summed E-state index contributed by atoms with van der Waals surface area (Å²) in [6, 6.07) is 10.3. The SMILES string of the molecule is CCC[CH2][Sn][CH2]CCC.C[C@H](C(=O)O)N1C(=O)c2ccccc2C1=O.C[C@H](C(=O)O)N1C(=O)c2ccccc2C1=O. The Hall–Kier alpha value is -3.54. The van der Waals surface area contributed by atoms with Crippen LogP contribution in [0.25, 0.3) is 0 Å². The number of amides is 4. The monoisotopic (exact) mass is 672 g/mol. The first-order valence-electron chi connectivity index (χ1n) is 13.6. The maximum Gasteiger partial charge on any atom is 0.326 e. The zero-order chi connectivity index (χ0) is 30.7. The van der Waals surface area contributed by atoms with Crippen LogP contribution in [0.5, 0.6) is 0 Å². The zero-order valence-electron chi connectivity index (χ0n) is 23.8. The number of carboxylic acids is 2. The Kier molecular flexibility index (Phi) is 13.2. The molecule has 0 fully saturated rings. The van der Waals surface area contributed by atoms with E-state index >= 15 is 0 Å². The van der Waals surface area contributed by atoms with Gasteiger partial charge in [0.25, 0.3) is 23.6 Å². The van der Waals surface area contributed by atoms with Gasteiger partial charge in [-0.25, -0.2) is 9.59 Å². The largest absolute Gasteiger partial charge is 0.480 e. The minimum absolute atomic E-state index is 0.149. The van der Waals surface area contributed by atoms with Gasteiger partial charge < -0.3 is 10.2 Å². The topological polar surface area (TPSA) is 149 Å². The van der Waals surface area contributed by atoms with Crippen LogP contribution in [-0.2, 0) is 9.59 Å². The van der Waals surface area contributed by atoms with E-state index < -0.39 is 47.7 Å². The Morgan fingerprint density at radius 2 is 0.902 bits per heavy atom. The molecular weight excluding hydrogens is 635 g/mol. The van der Waals surface area contributed by atoms with Gasteiger partial charge in [-0.15, -0.1) is 0 Å². The van der Waals surface area contributed by atoms with Gasteiger partial charge >= 0.3 is 81.5 Å². The minimum atomic E-state index is -1.20. The molecule has 0 spiro atoms. The van der Waals surface area contributed by atoms with Crippen LogP contribution in [0.3, 0.4) is 0 Å². The van der Waals surface area contributed by atoms with E-state index in [9.17, 15) is 28.8 Å². The maximum absolute atomic E-state index is 11.8. The summed E-state index contributed by atoms with van der Waals surface area (Å²) in [5, 5.41) is 17.6. The van der Waals surface area contributed by atoms with E-state index in [0.717, 1.165) is 9.80 Å². The number of unbranched alkanes of at least 4 members (excludes halogenated alkanes) is 2. The minimum Gasteiger partial charge on any atom is -0.480 e. The fourth-order valence-corrected chi connectivity index (χ4v) is 8.23. The molecule has 0 saturated heterocycles. The molecule has 0 bridgehead atoms. The molecule has 0 saturated carbocycles. The van der Waals surface area contributed by atoms with Crippen molar-refractivity contribution in [2.24, 2.45) is 0 Å². The van der Waals surface area contributed by atoms with Crippen molar-refractivity contribution in [3.8, 4) is 0 Å². The Labute approximate surface area is 249 Å². The number of aliphatic carboxylic acids is 2. The van der Waals surface area contributed by atoms with Crippen LogP contribution in [0.4, 0.5) is 0 Å². The molecule has 11 heteroatoms. The number of fused-ring (bicyclic) bond motifs is 2. The fraction of sp³-hybridized carbons (Fsp3) is 0.400. The summed E-state index contributed by atoms with van der Waals surface area (Å²) in [6.07, 6.45) is 5.84. The number of carboxylic acid groups (broad SMARTS) is 2. The molecule has 0 aromatic heterocycles. The average Bonchev–Trinajstić information content (AvgIpc) is 3.37. The van der Waals surface area contributed by atoms with Gasteiger partial charge in [0.05, 0.1) is 22.3 Å². The Morgan fingerprint density at radius 1 is 0.634 bits per heavy atom. The van der Waals surface area contributed by atoms with E-state index in [1.54, 1.807) is 33.1 Å². The number of hydrogen-bond acceptors (Lipinski definition) is 6. The van der Waals surface area contributed by atoms with Crippen molar-refractivity contribution >= 4 is 56.7 Å². The van der Waals surface area contributed by atoms with Gasteiger partial charge in [0.15, 0.2) is 0 Å². The third-order valence-corrected chi connectivity index (χ3v) is 10.6. The molecule has 2 heterocycles. The van der Waals surface area contributed by atoms with Crippen molar-refractivity contribution in [3.05, 3.63) is 70.8 Å².